The first-order valence-corrected chi connectivity index (χ1v) is 6.80. The predicted molar refractivity (Wildman–Crippen MR) is 67.1 cm³/mol. The maximum Gasteiger partial charge on any atom is 0.307 e. The van der Waals surface area contributed by atoms with Gasteiger partial charge >= 0.3 is 5.97 Å². The number of likely N-dealkylation sites (N-methyl/N-ethyl adjacent to an activating group) is 1. The highest BCUT2D eigenvalue weighted by molar-refractivity contribution is 5.89. The van der Waals surface area contributed by atoms with Crippen LogP contribution in [-0.2, 0) is 9.59 Å². The second-order valence-corrected chi connectivity index (χ2v) is 5.50. The van der Waals surface area contributed by atoms with Gasteiger partial charge in [-0.05, 0) is 26.3 Å². The average molecular weight is 254 g/mol. The molecule has 0 aromatic carbocycles. The number of carboxylic acids is 1. The maximum atomic E-state index is 11.6. The van der Waals surface area contributed by atoms with E-state index in [0.717, 1.165) is 6.54 Å². The van der Waals surface area contributed by atoms with Gasteiger partial charge in [-0.15, -0.1) is 0 Å². The largest absolute Gasteiger partial charge is 0.481 e. The van der Waals surface area contributed by atoms with Crippen molar-refractivity contribution in [2.75, 3.05) is 20.1 Å². The summed E-state index contributed by atoms with van der Waals surface area (Å²) in [5.41, 5.74) is 0. The molecule has 0 heterocycles. The molecule has 5 nitrogen and oxygen atoms in total. The molecule has 2 rings (SSSR count). The van der Waals surface area contributed by atoms with E-state index >= 15 is 0 Å². The minimum absolute atomic E-state index is 0.0952. The number of hydrogen-bond acceptors (Lipinski definition) is 3. The molecule has 2 N–H and O–H groups in total. The van der Waals surface area contributed by atoms with Crippen LogP contribution in [-0.4, -0.2) is 48.1 Å². The Kier molecular flexibility index (Phi) is 4.22. The summed E-state index contributed by atoms with van der Waals surface area (Å²) in [4.78, 5) is 24.6. The molecule has 0 aromatic rings. The third kappa shape index (κ3) is 3.22. The lowest BCUT2D eigenvalue weighted by molar-refractivity contribution is -0.140. The van der Waals surface area contributed by atoms with Crippen LogP contribution in [0.25, 0.3) is 0 Å². The minimum Gasteiger partial charge on any atom is -0.481 e. The third-order valence-corrected chi connectivity index (χ3v) is 4.16. The van der Waals surface area contributed by atoms with Gasteiger partial charge in [0.2, 0.25) is 5.91 Å². The van der Waals surface area contributed by atoms with Gasteiger partial charge in [-0.1, -0.05) is 12.8 Å². The molecule has 2 fully saturated rings. The maximum absolute atomic E-state index is 11.6. The summed E-state index contributed by atoms with van der Waals surface area (Å²) in [6, 6.07) is 0.662. The van der Waals surface area contributed by atoms with Gasteiger partial charge in [-0.3, -0.25) is 9.59 Å². The van der Waals surface area contributed by atoms with Crippen LogP contribution in [0.5, 0.6) is 0 Å². The number of nitrogens with zero attached hydrogens (tertiary/aromatic N) is 1. The molecule has 2 saturated carbocycles. The van der Waals surface area contributed by atoms with Gasteiger partial charge < -0.3 is 15.3 Å². The van der Waals surface area contributed by atoms with Gasteiger partial charge in [0.05, 0.1) is 11.8 Å². The van der Waals surface area contributed by atoms with E-state index in [-0.39, 0.29) is 11.8 Å². The number of aliphatic carboxylic acids is 1. The highest BCUT2D eigenvalue weighted by Crippen LogP contribution is 2.38. The Hall–Kier alpha value is -1.10. The van der Waals surface area contributed by atoms with Gasteiger partial charge in [0.25, 0.3) is 0 Å². The van der Waals surface area contributed by atoms with Crippen molar-refractivity contribution in [2.45, 2.75) is 38.1 Å². The molecule has 0 bridgehead atoms. The Morgan fingerprint density at radius 2 is 1.94 bits per heavy atom. The van der Waals surface area contributed by atoms with Gasteiger partial charge in [-0.2, -0.15) is 0 Å². The number of rotatable bonds is 6. The Labute approximate surface area is 108 Å². The van der Waals surface area contributed by atoms with E-state index in [9.17, 15) is 9.59 Å². The fourth-order valence-corrected chi connectivity index (χ4v) is 2.77. The van der Waals surface area contributed by atoms with E-state index in [1.165, 1.54) is 25.7 Å². The van der Waals surface area contributed by atoms with Crippen molar-refractivity contribution in [1.82, 2.24) is 10.2 Å². The first-order chi connectivity index (χ1) is 8.59. The number of carbonyl (C=O) groups excluding carboxylic acids is 1. The first kappa shape index (κ1) is 13.3. The van der Waals surface area contributed by atoms with Crippen LogP contribution in [0.3, 0.4) is 0 Å². The van der Waals surface area contributed by atoms with E-state index in [1.54, 1.807) is 0 Å². The molecule has 2 aliphatic rings. The normalized spacial score (nSPS) is 27.4. The highest BCUT2D eigenvalue weighted by Gasteiger charge is 2.48. The van der Waals surface area contributed by atoms with Crippen molar-refractivity contribution >= 4 is 11.9 Å². The molecule has 1 amide bonds. The quantitative estimate of drug-likeness (QED) is 0.732. The fourth-order valence-electron chi connectivity index (χ4n) is 2.77. The van der Waals surface area contributed by atoms with Gasteiger partial charge in [0, 0.05) is 19.1 Å². The number of hydrogen-bond donors (Lipinski definition) is 2. The molecular weight excluding hydrogens is 232 g/mol. The van der Waals surface area contributed by atoms with Crippen LogP contribution in [0.2, 0.25) is 0 Å². The molecule has 2 atom stereocenters. The molecular formula is C13H22N2O3. The zero-order chi connectivity index (χ0) is 13.1. The standard InChI is InChI=1S/C13H22N2O3/c1-15(9-4-2-3-5-9)7-6-14-12(16)10-8-11(10)13(17)18/h9-11H,2-8H2,1H3,(H,14,16)(H,17,18)/t10-,11+/m1/s1. The van der Waals surface area contributed by atoms with Crippen molar-refractivity contribution in [1.29, 1.82) is 0 Å². The van der Waals surface area contributed by atoms with Crippen molar-refractivity contribution < 1.29 is 14.7 Å². The Balaban J connectivity index is 1.60. The summed E-state index contributed by atoms with van der Waals surface area (Å²) in [5, 5.41) is 11.6. The van der Waals surface area contributed by atoms with Crippen molar-refractivity contribution in [3.05, 3.63) is 0 Å². The van der Waals surface area contributed by atoms with Gasteiger partial charge in [-0.25, -0.2) is 0 Å². The topological polar surface area (TPSA) is 69.6 Å². The number of amides is 1. The van der Waals surface area contributed by atoms with Crippen LogP contribution in [0.4, 0.5) is 0 Å². The van der Waals surface area contributed by atoms with Gasteiger partial charge in [0.1, 0.15) is 0 Å². The minimum atomic E-state index is -0.849. The van der Waals surface area contributed by atoms with E-state index < -0.39 is 11.9 Å². The third-order valence-electron chi connectivity index (χ3n) is 4.16. The average Bonchev–Trinajstić information content (AvgIpc) is 2.96. The van der Waals surface area contributed by atoms with Gasteiger partial charge in [0.15, 0.2) is 0 Å². The fraction of sp³-hybridized carbons (Fsp3) is 0.846. The van der Waals surface area contributed by atoms with E-state index in [4.69, 9.17) is 5.11 Å². The van der Waals surface area contributed by atoms with Crippen LogP contribution >= 0.6 is 0 Å². The number of nitrogens with one attached hydrogen (secondary N) is 1. The summed E-state index contributed by atoms with van der Waals surface area (Å²) in [5.74, 6) is -1.68. The Morgan fingerprint density at radius 3 is 2.50 bits per heavy atom. The zero-order valence-corrected chi connectivity index (χ0v) is 10.9. The number of carbonyl (C=O) groups is 2. The zero-order valence-electron chi connectivity index (χ0n) is 10.9. The molecule has 0 spiro atoms. The second kappa shape index (κ2) is 5.69. The molecule has 5 heteroatoms. The molecule has 0 radical (unpaired) electrons. The number of carboxylic acid groups (broad SMARTS) is 1. The van der Waals surface area contributed by atoms with Crippen molar-refractivity contribution in [3.63, 3.8) is 0 Å². The van der Waals surface area contributed by atoms with Crippen LogP contribution in [0.1, 0.15) is 32.1 Å². The van der Waals surface area contributed by atoms with E-state index in [1.807, 2.05) is 0 Å². The molecule has 18 heavy (non-hydrogen) atoms. The smallest absolute Gasteiger partial charge is 0.307 e. The Morgan fingerprint density at radius 1 is 1.28 bits per heavy atom. The summed E-state index contributed by atoms with van der Waals surface area (Å²) >= 11 is 0. The lowest BCUT2D eigenvalue weighted by atomic mass is 10.2. The highest BCUT2D eigenvalue weighted by atomic mass is 16.4. The molecule has 0 unspecified atom stereocenters. The van der Waals surface area contributed by atoms with E-state index in [0.29, 0.717) is 19.0 Å². The second-order valence-electron chi connectivity index (χ2n) is 5.50. The van der Waals surface area contributed by atoms with E-state index in [2.05, 4.69) is 17.3 Å². The van der Waals surface area contributed by atoms with Crippen molar-refractivity contribution in [3.8, 4) is 0 Å². The van der Waals surface area contributed by atoms with Crippen LogP contribution < -0.4 is 5.32 Å². The molecule has 2 aliphatic carbocycles. The summed E-state index contributed by atoms with van der Waals surface area (Å²) in [6.45, 7) is 1.47. The summed E-state index contributed by atoms with van der Waals surface area (Å²) < 4.78 is 0. The monoisotopic (exact) mass is 254 g/mol. The SMILES string of the molecule is CN(CCNC(=O)[C@@H]1C[C@@H]1C(=O)O)C1CCCC1. The Bertz CT molecular complexity index is 326. The summed E-state index contributed by atoms with van der Waals surface area (Å²) in [7, 11) is 2.10. The van der Waals surface area contributed by atoms with Crippen LogP contribution in [0.15, 0.2) is 0 Å². The lowest BCUT2D eigenvalue weighted by Gasteiger charge is -2.23. The first-order valence-electron chi connectivity index (χ1n) is 6.80. The molecule has 102 valence electrons. The van der Waals surface area contributed by atoms with Crippen LogP contribution in [0, 0.1) is 11.8 Å². The summed E-state index contributed by atoms with van der Waals surface area (Å²) in [6.07, 6.45) is 5.63. The predicted octanol–water partition coefficient (Wildman–Crippen LogP) is 0.698. The molecule has 0 saturated heterocycles. The molecule has 0 aliphatic heterocycles. The lowest BCUT2D eigenvalue weighted by Crippen LogP contribution is -2.38. The van der Waals surface area contributed by atoms with Crippen molar-refractivity contribution in [2.24, 2.45) is 11.8 Å². The molecule has 0 aromatic heterocycles.